The Morgan fingerprint density at radius 3 is 2.38 bits per heavy atom. The SMILES string of the molecule is CCCCCCCCNC(=S)Nc1ccc([N+](=O)[O-])cc1. The molecule has 116 valence electrons. The van der Waals surface area contributed by atoms with E-state index in [0.717, 1.165) is 18.7 Å². The zero-order valence-electron chi connectivity index (χ0n) is 12.4. The van der Waals surface area contributed by atoms with Crippen LogP contribution in [-0.4, -0.2) is 16.6 Å². The third-order valence-electron chi connectivity index (χ3n) is 3.15. The molecule has 21 heavy (non-hydrogen) atoms. The van der Waals surface area contributed by atoms with E-state index in [9.17, 15) is 10.1 Å². The lowest BCUT2D eigenvalue weighted by atomic mass is 10.1. The van der Waals surface area contributed by atoms with Crippen LogP contribution >= 0.6 is 12.2 Å². The van der Waals surface area contributed by atoms with Gasteiger partial charge in [0.1, 0.15) is 0 Å². The van der Waals surface area contributed by atoms with Gasteiger partial charge in [-0.3, -0.25) is 10.1 Å². The Balaban J connectivity index is 2.17. The van der Waals surface area contributed by atoms with Crippen LogP contribution in [0.1, 0.15) is 45.4 Å². The lowest BCUT2D eigenvalue weighted by molar-refractivity contribution is -0.384. The highest BCUT2D eigenvalue weighted by Gasteiger charge is 2.04. The van der Waals surface area contributed by atoms with Gasteiger partial charge in [0.25, 0.3) is 5.69 Å². The van der Waals surface area contributed by atoms with Crippen LogP contribution in [0.2, 0.25) is 0 Å². The van der Waals surface area contributed by atoms with Gasteiger partial charge in [-0.25, -0.2) is 0 Å². The second kappa shape index (κ2) is 10.1. The van der Waals surface area contributed by atoms with Crippen LogP contribution in [0.5, 0.6) is 0 Å². The molecule has 2 N–H and O–H groups in total. The Labute approximate surface area is 131 Å². The minimum absolute atomic E-state index is 0.0755. The summed E-state index contributed by atoms with van der Waals surface area (Å²) in [5.74, 6) is 0. The molecule has 1 aromatic carbocycles. The first-order chi connectivity index (χ1) is 10.1. The predicted molar refractivity (Wildman–Crippen MR) is 90.7 cm³/mol. The number of nitro benzene ring substituents is 1. The van der Waals surface area contributed by atoms with Gasteiger partial charge in [0.2, 0.25) is 0 Å². The highest BCUT2D eigenvalue weighted by atomic mass is 32.1. The Morgan fingerprint density at radius 1 is 1.14 bits per heavy atom. The van der Waals surface area contributed by atoms with E-state index in [1.807, 2.05) is 0 Å². The van der Waals surface area contributed by atoms with E-state index in [1.54, 1.807) is 12.1 Å². The molecule has 0 aliphatic rings. The first-order valence-corrected chi connectivity index (χ1v) is 7.83. The third kappa shape index (κ3) is 7.60. The molecule has 0 aliphatic carbocycles. The van der Waals surface area contributed by atoms with Crippen molar-refractivity contribution in [3.63, 3.8) is 0 Å². The molecule has 0 heterocycles. The van der Waals surface area contributed by atoms with Crippen LogP contribution in [0.4, 0.5) is 11.4 Å². The van der Waals surface area contributed by atoms with Crippen molar-refractivity contribution in [2.75, 3.05) is 11.9 Å². The standard InChI is InChI=1S/C15H23N3O2S/c1-2-3-4-5-6-7-12-16-15(21)17-13-8-10-14(11-9-13)18(19)20/h8-11H,2-7,12H2,1H3,(H2,16,17,21). The molecule has 0 fully saturated rings. The van der Waals surface area contributed by atoms with Crippen LogP contribution in [-0.2, 0) is 0 Å². The Morgan fingerprint density at radius 2 is 1.76 bits per heavy atom. The number of rotatable bonds is 9. The van der Waals surface area contributed by atoms with Gasteiger partial charge < -0.3 is 10.6 Å². The average Bonchev–Trinajstić information content (AvgIpc) is 2.47. The molecule has 0 aliphatic heterocycles. The molecule has 1 aromatic rings. The number of nitro groups is 1. The molecule has 0 unspecified atom stereocenters. The van der Waals surface area contributed by atoms with Crippen molar-refractivity contribution in [3.8, 4) is 0 Å². The van der Waals surface area contributed by atoms with E-state index in [2.05, 4.69) is 17.6 Å². The van der Waals surface area contributed by atoms with Gasteiger partial charge in [-0.1, -0.05) is 39.0 Å². The Bertz CT molecular complexity index is 449. The number of benzene rings is 1. The van der Waals surface area contributed by atoms with Gasteiger partial charge in [-0.2, -0.15) is 0 Å². The lowest BCUT2D eigenvalue weighted by Gasteiger charge is -2.10. The Kier molecular flexibility index (Phi) is 8.35. The largest absolute Gasteiger partial charge is 0.362 e. The number of hydrogen-bond acceptors (Lipinski definition) is 3. The van der Waals surface area contributed by atoms with Crippen LogP contribution in [0.25, 0.3) is 0 Å². The van der Waals surface area contributed by atoms with Gasteiger partial charge in [0, 0.05) is 24.4 Å². The summed E-state index contributed by atoms with van der Waals surface area (Å²) >= 11 is 5.18. The van der Waals surface area contributed by atoms with Crippen molar-refractivity contribution in [2.24, 2.45) is 0 Å². The van der Waals surface area contributed by atoms with Gasteiger partial charge >= 0.3 is 0 Å². The van der Waals surface area contributed by atoms with Gasteiger partial charge in [0.05, 0.1) is 4.92 Å². The highest BCUT2D eigenvalue weighted by Crippen LogP contribution is 2.15. The minimum atomic E-state index is -0.418. The molecular weight excluding hydrogens is 286 g/mol. The first kappa shape index (κ1) is 17.4. The van der Waals surface area contributed by atoms with Crippen molar-refractivity contribution in [1.82, 2.24) is 5.32 Å². The summed E-state index contributed by atoms with van der Waals surface area (Å²) in [6.07, 6.45) is 7.48. The summed E-state index contributed by atoms with van der Waals surface area (Å²) in [5.41, 5.74) is 0.826. The van der Waals surface area contributed by atoms with E-state index in [1.165, 1.54) is 44.2 Å². The number of thiocarbonyl (C=S) groups is 1. The molecule has 0 aromatic heterocycles. The number of nitrogens with zero attached hydrogens (tertiary/aromatic N) is 1. The van der Waals surface area contributed by atoms with Gasteiger partial charge in [0.15, 0.2) is 5.11 Å². The second-order valence-corrected chi connectivity index (χ2v) is 5.36. The molecule has 0 atom stereocenters. The quantitative estimate of drug-likeness (QED) is 0.309. The summed E-state index contributed by atoms with van der Waals surface area (Å²) in [6, 6.07) is 6.21. The fourth-order valence-electron chi connectivity index (χ4n) is 1.95. The van der Waals surface area contributed by atoms with E-state index >= 15 is 0 Å². The van der Waals surface area contributed by atoms with Crippen LogP contribution in [0.15, 0.2) is 24.3 Å². The predicted octanol–water partition coefficient (Wildman–Crippen LogP) is 4.24. The molecule has 1 rings (SSSR count). The maximum atomic E-state index is 10.6. The average molecular weight is 309 g/mol. The van der Waals surface area contributed by atoms with E-state index < -0.39 is 4.92 Å². The number of non-ortho nitro benzene ring substituents is 1. The fraction of sp³-hybridized carbons (Fsp3) is 0.533. The summed E-state index contributed by atoms with van der Waals surface area (Å²) in [4.78, 5) is 10.1. The van der Waals surface area contributed by atoms with E-state index in [-0.39, 0.29) is 5.69 Å². The van der Waals surface area contributed by atoms with Crippen molar-refractivity contribution in [1.29, 1.82) is 0 Å². The summed E-state index contributed by atoms with van der Waals surface area (Å²) < 4.78 is 0. The molecule has 6 heteroatoms. The zero-order valence-corrected chi connectivity index (χ0v) is 13.2. The monoisotopic (exact) mass is 309 g/mol. The molecular formula is C15H23N3O2S. The molecule has 5 nitrogen and oxygen atoms in total. The number of unbranched alkanes of at least 4 members (excludes halogenated alkanes) is 5. The minimum Gasteiger partial charge on any atom is -0.362 e. The Hall–Kier alpha value is -1.69. The molecule has 0 spiro atoms. The first-order valence-electron chi connectivity index (χ1n) is 7.42. The highest BCUT2D eigenvalue weighted by molar-refractivity contribution is 7.80. The van der Waals surface area contributed by atoms with Crippen molar-refractivity contribution < 1.29 is 4.92 Å². The molecule has 0 radical (unpaired) electrons. The maximum absolute atomic E-state index is 10.6. The van der Waals surface area contributed by atoms with Crippen molar-refractivity contribution in [3.05, 3.63) is 34.4 Å². The lowest BCUT2D eigenvalue weighted by Crippen LogP contribution is -2.29. The van der Waals surface area contributed by atoms with E-state index in [4.69, 9.17) is 12.2 Å². The second-order valence-electron chi connectivity index (χ2n) is 4.95. The number of hydrogen-bond donors (Lipinski definition) is 2. The molecule has 0 bridgehead atoms. The van der Waals surface area contributed by atoms with Gasteiger partial charge in [-0.15, -0.1) is 0 Å². The van der Waals surface area contributed by atoms with E-state index in [0.29, 0.717) is 5.11 Å². The smallest absolute Gasteiger partial charge is 0.269 e. The topological polar surface area (TPSA) is 67.2 Å². The normalized spacial score (nSPS) is 10.1. The summed E-state index contributed by atoms with van der Waals surface area (Å²) in [5, 5.41) is 17.3. The van der Waals surface area contributed by atoms with Gasteiger partial charge in [-0.05, 0) is 30.8 Å². The van der Waals surface area contributed by atoms with Crippen LogP contribution in [0.3, 0.4) is 0 Å². The fourth-order valence-corrected chi connectivity index (χ4v) is 2.17. The summed E-state index contributed by atoms with van der Waals surface area (Å²) in [6.45, 7) is 3.06. The number of nitrogens with one attached hydrogen (secondary N) is 2. The third-order valence-corrected chi connectivity index (χ3v) is 3.40. The molecule has 0 saturated heterocycles. The zero-order chi connectivity index (χ0) is 15.5. The number of anilines is 1. The van der Waals surface area contributed by atoms with Crippen molar-refractivity contribution in [2.45, 2.75) is 45.4 Å². The molecule has 0 saturated carbocycles. The molecule has 0 amide bonds. The summed E-state index contributed by atoms with van der Waals surface area (Å²) in [7, 11) is 0. The van der Waals surface area contributed by atoms with Crippen LogP contribution < -0.4 is 10.6 Å². The van der Waals surface area contributed by atoms with Crippen molar-refractivity contribution >= 4 is 28.7 Å². The van der Waals surface area contributed by atoms with Crippen LogP contribution in [0, 0.1) is 10.1 Å². The maximum Gasteiger partial charge on any atom is 0.269 e.